The van der Waals surface area contributed by atoms with Crippen molar-refractivity contribution in [3.8, 4) is 5.75 Å². The fourth-order valence-corrected chi connectivity index (χ4v) is 6.08. The number of carbonyl (C=O) groups is 2. The maximum absolute atomic E-state index is 15.2. The lowest BCUT2D eigenvalue weighted by atomic mass is 9.93. The third kappa shape index (κ3) is 5.68. The molecular weight excluding hydrogens is 549 g/mol. The number of phenolic OH excluding ortho intramolecular Hbond substituents is 1. The summed E-state index contributed by atoms with van der Waals surface area (Å²) in [5.74, 6) is -1.06. The SMILES string of the molecule is CN.Cn1c(=O)[nH]c2ccc(N3CCC(CC(=O)Nc4ccc5c(F)c(N6CC(=O)NS6)c(O)cc5c4)CC3)cc21. The molecule has 3 aromatic carbocycles. The van der Waals surface area contributed by atoms with E-state index in [-0.39, 0.29) is 46.8 Å². The van der Waals surface area contributed by atoms with Gasteiger partial charge in [-0.15, -0.1) is 0 Å². The van der Waals surface area contributed by atoms with E-state index in [2.05, 4.69) is 25.7 Å². The number of aromatic hydroxyl groups is 1. The number of benzene rings is 3. The van der Waals surface area contributed by atoms with Gasteiger partial charge in [0.25, 0.3) is 5.91 Å². The minimum absolute atomic E-state index is 0.0500. The Bertz CT molecular complexity index is 1680. The van der Waals surface area contributed by atoms with Gasteiger partial charge in [0.15, 0.2) is 5.82 Å². The fourth-order valence-electron chi connectivity index (χ4n) is 5.36. The van der Waals surface area contributed by atoms with Gasteiger partial charge in [0.1, 0.15) is 18.0 Å². The van der Waals surface area contributed by atoms with Gasteiger partial charge in [-0.25, -0.2) is 9.18 Å². The van der Waals surface area contributed by atoms with Crippen LogP contribution >= 0.6 is 12.1 Å². The molecule has 216 valence electrons. The number of hydrogen-bond acceptors (Lipinski definition) is 8. The van der Waals surface area contributed by atoms with Gasteiger partial charge in [0.2, 0.25) is 5.91 Å². The number of imidazole rings is 1. The average Bonchev–Trinajstić information content (AvgIpc) is 3.51. The zero-order valence-corrected chi connectivity index (χ0v) is 23.6. The number of nitrogens with zero attached hydrogens (tertiary/aromatic N) is 3. The Kier molecular flexibility index (Phi) is 8.08. The number of anilines is 3. The van der Waals surface area contributed by atoms with Crippen LogP contribution in [0.15, 0.2) is 47.3 Å². The molecule has 0 atom stereocenters. The van der Waals surface area contributed by atoms with E-state index in [0.717, 1.165) is 54.8 Å². The number of amides is 2. The number of hydrogen-bond donors (Lipinski definition) is 5. The van der Waals surface area contributed by atoms with Gasteiger partial charge < -0.3 is 26.0 Å². The number of aromatic amines is 1. The second kappa shape index (κ2) is 11.7. The van der Waals surface area contributed by atoms with Crippen molar-refractivity contribution in [3.05, 3.63) is 58.8 Å². The molecule has 6 N–H and O–H groups in total. The standard InChI is InChI=1S/C27H27FN6O4S.CH5N/c1-32-21-13-18(3-5-20(21)30-27(32)38)33-8-6-15(7-9-33)10-23(36)29-17-2-4-19-16(11-17)12-22(35)26(25(19)28)34-14-24(37)31-39-34;1-2/h2-5,11-13,15,35H,6-10,14H2,1H3,(H,29,36)(H,30,38)(H,31,37);2H2,1H3. The quantitative estimate of drug-likeness (QED) is 0.226. The van der Waals surface area contributed by atoms with E-state index >= 15 is 4.39 Å². The molecule has 0 radical (unpaired) electrons. The molecule has 2 fully saturated rings. The van der Waals surface area contributed by atoms with Crippen molar-refractivity contribution in [1.82, 2.24) is 14.3 Å². The van der Waals surface area contributed by atoms with E-state index in [4.69, 9.17) is 0 Å². The molecule has 0 unspecified atom stereocenters. The van der Waals surface area contributed by atoms with Gasteiger partial charge in [-0.1, -0.05) is 0 Å². The Labute approximate surface area is 239 Å². The maximum Gasteiger partial charge on any atom is 0.326 e. The Morgan fingerprint density at radius 1 is 1.15 bits per heavy atom. The minimum atomic E-state index is -0.628. The lowest BCUT2D eigenvalue weighted by Crippen LogP contribution is -2.34. The monoisotopic (exact) mass is 581 g/mol. The number of fused-ring (bicyclic) bond motifs is 2. The molecule has 41 heavy (non-hydrogen) atoms. The summed E-state index contributed by atoms with van der Waals surface area (Å²) in [6, 6.07) is 12.2. The van der Waals surface area contributed by atoms with Gasteiger partial charge in [0.05, 0.1) is 23.2 Å². The maximum atomic E-state index is 15.2. The second-order valence-electron chi connectivity index (χ2n) is 10.0. The van der Waals surface area contributed by atoms with Gasteiger partial charge >= 0.3 is 5.69 Å². The van der Waals surface area contributed by atoms with Gasteiger partial charge in [-0.3, -0.25) is 23.2 Å². The van der Waals surface area contributed by atoms with Crippen molar-refractivity contribution in [2.75, 3.05) is 41.2 Å². The first-order chi connectivity index (χ1) is 19.8. The van der Waals surface area contributed by atoms with Crippen LogP contribution in [0.5, 0.6) is 5.75 Å². The van der Waals surface area contributed by atoms with Gasteiger partial charge in [0, 0.05) is 43.3 Å². The molecule has 2 amide bonds. The molecule has 0 saturated carbocycles. The zero-order valence-electron chi connectivity index (χ0n) is 22.7. The largest absolute Gasteiger partial charge is 0.506 e. The molecule has 0 bridgehead atoms. The summed E-state index contributed by atoms with van der Waals surface area (Å²) in [6.07, 6.45) is 2.11. The Morgan fingerprint density at radius 3 is 2.61 bits per heavy atom. The predicted molar refractivity (Wildman–Crippen MR) is 160 cm³/mol. The summed E-state index contributed by atoms with van der Waals surface area (Å²) < 4.78 is 20.7. The third-order valence-electron chi connectivity index (χ3n) is 7.46. The van der Waals surface area contributed by atoms with Crippen molar-refractivity contribution in [2.24, 2.45) is 18.7 Å². The fraction of sp³-hybridized carbons (Fsp3) is 0.321. The number of rotatable bonds is 5. The number of H-pyrrole nitrogens is 1. The Balaban J connectivity index is 0.00000165. The predicted octanol–water partition coefficient (Wildman–Crippen LogP) is 3.18. The second-order valence-corrected chi connectivity index (χ2v) is 10.8. The molecule has 13 heteroatoms. The molecule has 4 aromatic rings. The van der Waals surface area contributed by atoms with Crippen molar-refractivity contribution in [1.29, 1.82) is 0 Å². The molecule has 1 aromatic heterocycles. The van der Waals surface area contributed by atoms with Crippen LogP contribution in [-0.4, -0.2) is 53.2 Å². The summed E-state index contributed by atoms with van der Waals surface area (Å²) in [6.45, 7) is 1.57. The Morgan fingerprint density at radius 2 is 1.90 bits per heavy atom. The van der Waals surface area contributed by atoms with E-state index in [1.54, 1.807) is 29.8 Å². The van der Waals surface area contributed by atoms with Gasteiger partial charge in [-0.2, -0.15) is 0 Å². The highest BCUT2D eigenvalue weighted by atomic mass is 32.2. The highest BCUT2D eigenvalue weighted by Crippen LogP contribution is 2.40. The number of aromatic nitrogens is 2. The number of piperidine rings is 1. The molecule has 11 nitrogen and oxygen atoms in total. The number of halogens is 1. The first-order valence-electron chi connectivity index (χ1n) is 13.3. The van der Waals surface area contributed by atoms with E-state index in [0.29, 0.717) is 17.5 Å². The highest BCUT2D eigenvalue weighted by Gasteiger charge is 2.27. The van der Waals surface area contributed by atoms with Crippen molar-refractivity contribution >= 4 is 62.8 Å². The molecule has 2 aliphatic rings. The van der Waals surface area contributed by atoms with Crippen LogP contribution in [0.25, 0.3) is 21.8 Å². The summed E-state index contributed by atoms with van der Waals surface area (Å²) in [7, 11) is 3.25. The molecule has 3 heterocycles. The normalized spacial score (nSPS) is 15.7. The van der Waals surface area contributed by atoms with Crippen LogP contribution < -0.4 is 30.7 Å². The molecular formula is C28H32FN7O4S. The van der Waals surface area contributed by atoms with E-state index in [1.807, 2.05) is 18.2 Å². The minimum Gasteiger partial charge on any atom is -0.506 e. The molecule has 2 aliphatic heterocycles. The lowest BCUT2D eigenvalue weighted by molar-refractivity contribution is -0.118. The molecule has 6 rings (SSSR count). The number of nitrogens with two attached hydrogens (primary N) is 1. The summed E-state index contributed by atoms with van der Waals surface area (Å²) >= 11 is 0.929. The first kappa shape index (κ1) is 28.3. The number of aryl methyl sites for hydroxylation is 1. The van der Waals surface area contributed by atoms with Crippen LogP contribution in [-0.2, 0) is 16.6 Å². The van der Waals surface area contributed by atoms with E-state index in [1.165, 1.54) is 17.4 Å². The third-order valence-corrected chi connectivity index (χ3v) is 8.31. The van der Waals surface area contributed by atoms with Crippen LogP contribution in [0.4, 0.5) is 21.5 Å². The molecule has 0 aliphatic carbocycles. The smallest absolute Gasteiger partial charge is 0.326 e. The van der Waals surface area contributed by atoms with Gasteiger partial charge in [-0.05, 0) is 73.7 Å². The number of phenols is 1. The Hall–Kier alpha value is -4.23. The summed E-state index contributed by atoms with van der Waals surface area (Å²) in [4.78, 5) is 41.3. The van der Waals surface area contributed by atoms with Crippen molar-refractivity contribution < 1.29 is 19.1 Å². The first-order valence-corrected chi connectivity index (χ1v) is 14.0. The van der Waals surface area contributed by atoms with E-state index < -0.39 is 5.82 Å². The number of nitrogens with one attached hydrogen (secondary N) is 3. The number of carbonyl (C=O) groups excluding carboxylic acids is 2. The van der Waals surface area contributed by atoms with Crippen LogP contribution in [0, 0.1) is 11.7 Å². The highest BCUT2D eigenvalue weighted by molar-refractivity contribution is 7.99. The summed E-state index contributed by atoms with van der Waals surface area (Å²) in [5, 5.41) is 14.1. The summed E-state index contributed by atoms with van der Waals surface area (Å²) in [5.41, 5.74) is 7.56. The molecule has 2 saturated heterocycles. The van der Waals surface area contributed by atoms with E-state index in [9.17, 15) is 19.5 Å². The van der Waals surface area contributed by atoms with Crippen molar-refractivity contribution in [2.45, 2.75) is 19.3 Å². The zero-order chi connectivity index (χ0) is 29.3. The lowest BCUT2D eigenvalue weighted by Gasteiger charge is -2.33. The van der Waals surface area contributed by atoms with Crippen LogP contribution in [0.1, 0.15) is 19.3 Å². The van der Waals surface area contributed by atoms with Crippen molar-refractivity contribution in [3.63, 3.8) is 0 Å². The topological polar surface area (TPSA) is 149 Å². The average molecular weight is 582 g/mol. The van der Waals surface area contributed by atoms with Crippen LogP contribution in [0.3, 0.4) is 0 Å². The molecule has 0 spiro atoms. The van der Waals surface area contributed by atoms with Crippen LogP contribution in [0.2, 0.25) is 0 Å².